The number of amides is 1. The molecular weight excluding hydrogens is 332 g/mol. The fraction of sp³-hybridized carbons (Fsp3) is 0.250. The summed E-state index contributed by atoms with van der Waals surface area (Å²) in [6.45, 7) is 5.66. The monoisotopic (exact) mass is 348 g/mol. The summed E-state index contributed by atoms with van der Waals surface area (Å²) >= 11 is 3.31. The fourth-order valence-electron chi connectivity index (χ4n) is 2.03. The van der Waals surface area contributed by atoms with Crippen molar-refractivity contribution in [2.75, 3.05) is 5.32 Å². The van der Waals surface area contributed by atoms with Crippen molar-refractivity contribution in [1.82, 2.24) is 4.57 Å². The second-order valence-corrected chi connectivity index (χ2v) is 5.92. The Bertz CT molecular complexity index is 737. The molecule has 0 saturated carbocycles. The van der Waals surface area contributed by atoms with Crippen LogP contribution in [0.3, 0.4) is 0 Å². The Labute approximate surface area is 131 Å². The van der Waals surface area contributed by atoms with E-state index in [2.05, 4.69) is 21.2 Å². The number of hydrogen-bond donors (Lipinski definition) is 1. The summed E-state index contributed by atoms with van der Waals surface area (Å²) in [5.41, 5.74) is 2.71. The van der Waals surface area contributed by atoms with Gasteiger partial charge in [-0.2, -0.15) is 0 Å². The van der Waals surface area contributed by atoms with Gasteiger partial charge in [0.15, 0.2) is 0 Å². The lowest BCUT2D eigenvalue weighted by molar-refractivity contribution is -0.118. The highest BCUT2D eigenvalue weighted by Gasteiger charge is 2.17. The number of aromatic nitrogens is 1. The number of hydrogen-bond acceptors (Lipinski definition) is 2. The van der Waals surface area contributed by atoms with E-state index < -0.39 is 6.04 Å². The summed E-state index contributed by atoms with van der Waals surface area (Å²) < 4.78 is 2.17. The summed E-state index contributed by atoms with van der Waals surface area (Å²) in [7, 11) is 0. The molecule has 1 amide bonds. The number of pyridine rings is 1. The van der Waals surface area contributed by atoms with Gasteiger partial charge < -0.3 is 9.88 Å². The number of benzene rings is 1. The van der Waals surface area contributed by atoms with Crippen LogP contribution < -0.4 is 10.9 Å². The molecule has 1 aromatic heterocycles. The Morgan fingerprint density at radius 3 is 2.67 bits per heavy atom. The second kappa shape index (κ2) is 6.26. The van der Waals surface area contributed by atoms with Crippen LogP contribution in [0.2, 0.25) is 0 Å². The first-order valence-corrected chi connectivity index (χ1v) is 7.44. The van der Waals surface area contributed by atoms with Crippen molar-refractivity contribution in [2.24, 2.45) is 0 Å². The van der Waals surface area contributed by atoms with Gasteiger partial charge in [-0.3, -0.25) is 9.59 Å². The number of halogens is 1. The Morgan fingerprint density at radius 2 is 1.95 bits per heavy atom. The van der Waals surface area contributed by atoms with Gasteiger partial charge in [0, 0.05) is 22.4 Å². The van der Waals surface area contributed by atoms with Crippen LogP contribution in [0, 0.1) is 13.8 Å². The van der Waals surface area contributed by atoms with E-state index in [1.807, 2.05) is 32.0 Å². The van der Waals surface area contributed by atoms with Crippen LogP contribution in [0.5, 0.6) is 0 Å². The molecule has 1 N–H and O–H groups in total. The zero-order valence-corrected chi connectivity index (χ0v) is 13.8. The first kappa shape index (κ1) is 15.5. The van der Waals surface area contributed by atoms with E-state index in [0.29, 0.717) is 0 Å². The van der Waals surface area contributed by atoms with E-state index in [9.17, 15) is 9.59 Å². The molecule has 0 saturated heterocycles. The largest absolute Gasteiger partial charge is 0.324 e. The number of nitrogens with one attached hydrogen (secondary N) is 1. The van der Waals surface area contributed by atoms with Gasteiger partial charge in [-0.1, -0.05) is 12.1 Å². The highest BCUT2D eigenvalue weighted by Crippen LogP contribution is 2.19. The third-order valence-corrected chi connectivity index (χ3v) is 4.03. The van der Waals surface area contributed by atoms with Crippen LogP contribution in [0.1, 0.15) is 24.1 Å². The molecule has 0 fully saturated rings. The van der Waals surface area contributed by atoms with E-state index >= 15 is 0 Å². The van der Waals surface area contributed by atoms with Gasteiger partial charge in [-0.05, 0) is 60.0 Å². The lowest BCUT2D eigenvalue weighted by Gasteiger charge is -2.17. The minimum atomic E-state index is -0.588. The van der Waals surface area contributed by atoms with Crippen LogP contribution in [0.4, 0.5) is 5.69 Å². The minimum absolute atomic E-state index is 0.207. The summed E-state index contributed by atoms with van der Waals surface area (Å²) in [6.07, 6.45) is 1.62. The number of aryl methyl sites for hydroxylation is 1. The van der Waals surface area contributed by atoms with E-state index in [1.54, 1.807) is 19.2 Å². The van der Waals surface area contributed by atoms with Crippen LogP contribution in [-0.2, 0) is 4.79 Å². The van der Waals surface area contributed by atoms with Crippen molar-refractivity contribution in [3.05, 3.63) is 62.5 Å². The molecule has 1 atom stereocenters. The Balaban J connectivity index is 2.26. The fourth-order valence-corrected chi connectivity index (χ4v) is 2.38. The maximum absolute atomic E-state index is 12.4. The average Bonchev–Trinajstić information content (AvgIpc) is 2.45. The molecule has 0 spiro atoms. The van der Waals surface area contributed by atoms with Crippen LogP contribution in [0.25, 0.3) is 0 Å². The van der Waals surface area contributed by atoms with Gasteiger partial charge >= 0.3 is 0 Å². The first-order chi connectivity index (χ1) is 9.90. The van der Waals surface area contributed by atoms with Gasteiger partial charge in [0.2, 0.25) is 5.91 Å². The Kier molecular flexibility index (Phi) is 4.63. The molecule has 2 rings (SSSR count). The van der Waals surface area contributed by atoms with Crippen molar-refractivity contribution in [2.45, 2.75) is 26.8 Å². The molecule has 5 heteroatoms. The van der Waals surface area contributed by atoms with Crippen LogP contribution >= 0.6 is 15.9 Å². The predicted molar refractivity (Wildman–Crippen MR) is 87.7 cm³/mol. The average molecular weight is 349 g/mol. The molecule has 2 aromatic rings. The van der Waals surface area contributed by atoms with E-state index in [4.69, 9.17) is 0 Å². The third kappa shape index (κ3) is 3.42. The molecule has 4 nitrogen and oxygen atoms in total. The number of carbonyl (C=O) groups is 1. The minimum Gasteiger partial charge on any atom is -0.324 e. The summed E-state index contributed by atoms with van der Waals surface area (Å²) in [4.78, 5) is 24.2. The second-order valence-electron chi connectivity index (χ2n) is 5.01. The summed E-state index contributed by atoms with van der Waals surface area (Å²) in [5, 5.41) is 2.88. The van der Waals surface area contributed by atoms with E-state index in [0.717, 1.165) is 21.3 Å². The highest BCUT2D eigenvalue weighted by atomic mass is 79.9. The SMILES string of the molecule is Cc1cccc(NC(=O)C(C)n2cc(Br)ccc2=O)c1C. The zero-order chi connectivity index (χ0) is 15.6. The molecule has 110 valence electrons. The number of carbonyl (C=O) groups excluding carboxylic acids is 1. The van der Waals surface area contributed by atoms with Crippen molar-refractivity contribution in [1.29, 1.82) is 0 Å². The van der Waals surface area contributed by atoms with Crippen LogP contribution in [-0.4, -0.2) is 10.5 Å². The van der Waals surface area contributed by atoms with E-state index in [-0.39, 0.29) is 11.5 Å². The summed E-state index contributed by atoms with van der Waals surface area (Å²) in [5.74, 6) is -0.219. The molecule has 1 unspecified atom stereocenters. The molecule has 1 aromatic carbocycles. The smallest absolute Gasteiger partial charge is 0.251 e. The van der Waals surface area contributed by atoms with E-state index in [1.165, 1.54) is 10.6 Å². The van der Waals surface area contributed by atoms with Crippen molar-refractivity contribution in [3.8, 4) is 0 Å². The molecule has 21 heavy (non-hydrogen) atoms. The summed E-state index contributed by atoms with van der Waals surface area (Å²) in [6, 6.07) is 8.26. The van der Waals surface area contributed by atoms with Crippen LogP contribution in [0.15, 0.2) is 45.8 Å². The first-order valence-electron chi connectivity index (χ1n) is 6.65. The normalized spacial score (nSPS) is 12.0. The number of anilines is 1. The Hall–Kier alpha value is -1.88. The molecule has 0 aliphatic carbocycles. The van der Waals surface area contributed by atoms with Gasteiger partial charge in [0.1, 0.15) is 6.04 Å². The van der Waals surface area contributed by atoms with Gasteiger partial charge in [0.25, 0.3) is 5.56 Å². The quantitative estimate of drug-likeness (QED) is 0.923. The van der Waals surface area contributed by atoms with Crippen molar-refractivity contribution in [3.63, 3.8) is 0 Å². The lowest BCUT2D eigenvalue weighted by Crippen LogP contribution is -2.31. The maximum Gasteiger partial charge on any atom is 0.251 e. The molecule has 0 bridgehead atoms. The van der Waals surface area contributed by atoms with Gasteiger partial charge in [0.05, 0.1) is 0 Å². The predicted octanol–water partition coefficient (Wildman–Crippen LogP) is 3.43. The molecular formula is C16H17BrN2O2. The molecule has 0 aliphatic rings. The number of rotatable bonds is 3. The third-order valence-electron chi connectivity index (χ3n) is 3.56. The van der Waals surface area contributed by atoms with Gasteiger partial charge in [-0.25, -0.2) is 0 Å². The Morgan fingerprint density at radius 1 is 1.24 bits per heavy atom. The maximum atomic E-state index is 12.4. The molecule has 1 heterocycles. The zero-order valence-electron chi connectivity index (χ0n) is 12.2. The highest BCUT2D eigenvalue weighted by molar-refractivity contribution is 9.10. The number of nitrogens with zero attached hydrogens (tertiary/aromatic N) is 1. The van der Waals surface area contributed by atoms with Crippen molar-refractivity contribution < 1.29 is 4.79 Å². The topological polar surface area (TPSA) is 51.1 Å². The van der Waals surface area contributed by atoms with Gasteiger partial charge in [-0.15, -0.1) is 0 Å². The molecule has 0 radical (unpaired) electrons. The molecule has 0 aliphatic heterocycles. The standard InChI is InChI=1S/C16H17BrN2O2/c1-10-5-4-6-14(11(10)2)18-16(21)12(3)19-9-13(17)7-8-15(19)20/h4-9,12H,1-3H3,(H,18,21). The lowest BCUT2D eigenvalue weighted by atomic mass is 10.1. The van der Waals surface area contributed by atoms with Crippen molar-refractivity contribution >= 4 is 27.5 Å².